The van der Waals surface area contributed by atoms with Crippen molar-refractivity contribution in [2.45, 2.75) is 13.0 Å². The lowest BCUT2D eigenvalue weighted by molar-refractivity contribution is -0.129. The third kappa shape index (κ3) is 5.88. The monoisotopic (exact) mass is 464 g/mol. The van der Waals surface area contributed by atoms with Gasteiger partial charge in [0.2, 0.25) is 0 Å². The van der Waals surface area contributed by atoms with Crippen LogP contribution in [0.3, 0.4) is 0 Å². The molecule has 0 atom stereocenters. The lowest BCUT2D eigenvalue weighted by atomic mass is 10.1. The smallest absolute Gasteiger partial charge is 0.354 e. The number of benzene rings is 2. The largest absolute Gasteiger partial charge is 0.477 e. The number of aliphatic imine (C=N–C) groups is 1. The third-order valence-electron chi connectivity index (χ3n) is 4.65. The molecule has 0 bridgehead atoms. The first-order valence-corrected chi connectivity index (χ1v) is 10.3. The van der Waals surface area contributed by atoms with Crippen LogP contribution in [0.5, 0.6) is 0 Å². The van der Waals surface area contributed by atoms with E-state index in [2.05, 4.69) is 38.0 Å². The number of aliphatic carboxylic acids is 1. The number of morpholine rings is 1. The molecule has 1 saturated heterocycles. The minimum absolute atomic E-state index is 0.00855. The number of halogens is 2. The Kier molecular flexibility index (Phi) is 7.62. The molecule has 0 amide bonds. The molecule has 2 aromatic carbocycles. The van der Waals surface area contributed by atoms with Gasteiger partial charge in [-0.15, -0.1) is 0 Å². The molecule has 1 aliphatic rings. The Morgan fingerprint density at radius 1 is 1.14 bits per heavy atom. The maximum absolute atomic E-state index is 11.7. The van der Waals surface area contributed by atoms with Gasteiger partial charge in [0.15, 0.2) is 5.71 Å². The van der Waals surface area contributed by atoms with Crippen molar-refractivity contribution in [3.63, 3.8) is 0 Å². The standard InChI is InChI=1S/C21H22BrClN2O3/c22-19-6-5-17(23)13-18(19)20(21(26)27)24-14-16-3-1-15(2-4-16)7-8-25-9-11-28-12-10-25/h1-6,13H,7-12,14H2,(H,26,27). The Labute approximate surface area is 178 Å². The average Bonchev–Trinajstić information content (AvgIpc) is 2.70. The molecule has 3 rings (SSSR count). The lowest BCUT2D eigenvalue weighted by Crippen LogP contribution is -2.37. The second kappa shape index (κ2) is 10.2. The normalized spacial score (nSPS) is 15.6. The number of carbonyl (C=O) groups is 1. The first kappa shape index (κ1) is 21.0. The van der Waals surface area contributed by atoms with Gasteiger partial charge in [-0.25, -0.2) is 4.79 Å². The molecule has 1 aliphatic heterocycles. The number of carboxylic acid groups (broad SMARTS) is 1. The van der Waals surface area contributed by atoms with Crippen LogP contribution in [0, 0.1) is 0 Å². The van der Waals surface area contributed by atoms with Crippen molar-refractivity contribution in [3.8, 4) is 0 Å². The van der Waals surface area contributed by atoms with Crippen molar-refractivity contribution in [2.75, 3.05) is 32.8 Å². The zero-order chi connectivity index (χ0) is 19.9. The van der Waals surface area contributed by atoms with Crippen LogP contribution in [0.4, 0.5) is 0 Å². The molecule has 0 radical (unpaired) electrons. The summed E-state index contributed by atoms with van der Waals surface area (Å²) in [5.74, 6) is -1.08. The summed E-state index contributed by atoms with van der Waals surface area (Å²) < 4.78 is 6.02. The van der Waals surface area contributed by atoms with Crippen LogP contribution >= 0.6 is 27.5 Å². The van der Waals surface area contributed by atoms with Crippen molar-refractivity contribution in [1.29, 1.82) is 0 Å². The van der Waals surface area contributed by atoms with Crippen molar-refractivity contribution < 1.29 is 14.6 Å². The van der Waals surface area contributed by atoms with Crippen molar-refractivity contribution in [3.05, 3.63) is 68.7 Å². The minimum Gasteiger partial charge on any atom is -0.477 e. The fourth-order valence-corrected chi connectivity index (χ4v) is 3.65. The highest BCUT2D eigenvalue weighted by atomic mass is 79.9. The molecule has 28 heavy (non-hydrogen) atoms. The third-order valence-corrected chi connectivity index (χ3v) is 5.58. The molecule has 1 heterocycles. The van der Waals surface area contributed by atoms with Gasteiger partial charge < -0.3 is 9.84 Å². The molecule has 0 saturated carbocycles. The summed E-state index contributed by atoms with van der Waals surface area (Å²) >= 11 is 9.38. The summed E-state index contributed by atoms with van der Waals surface area (Å²) in [5, 5.41) is 10.0. The van der Waals surface area contributed by atoms with Gasteiger partial charge in [0.05, 0.1) is 19.8 Å². The predicted molar refractivity (Wildman–Crippen MR) is 114 cm³/mol. The molecule has 5 nitrogen and oxygen atoms in total. The molecule has 0 aromatic heterocycles. The number of rotatable bonds is 7. The summed E-state index contributed by atoms with van der Waals surface area (Å²) in [4.78, 5) is 18.4. The van der Waals surface area contributed by atoms with Gasteiger partial charge in [-0.2, -0.15) is 0 Å². The average molecular weight is 466 g/mol. The van der Waals surface area contributed by atoms with Gasteiger partial charge in [-0.1, -0.05) is 51.8 Å². The van der Waals surface area contributed by atoms with E-state index >= 15 is 0 Å². The number of hydrogen-bond donors (Lipinski definition) is 1. The Hall–Kier alpha value is -1.73. The molecular weight excluding hydrogens is 444 g/mol. The van der Waals surface area contributed by atoms with Crippen LogP contribution in [0.1, 0.15) is 16.7 Å². The Bertz CT molecular complexity index is 849. The fraction of sp³-hybridized carbons (Fsp3) is 0.333. The number of ether oxygens (including phenoxy) is 1. The van der Waals surface area contributed by atoms with E-state index in [0.29, 0.717) is 21.6 Å². The van der Waals surface area contributed by atoms with Gasteiger partial charge >= 0.3 is 5.97 Å². The first-order valence-electron chi connectivity index (χ1n) is 9.14. The van der Waals surface area contributed by atoms with Crippen LogP contribution in [0.15, 0.2) is 51.9 Å². The van der Waals surface area contributed by atoms with Crippen LogP contribution in [0.2, 0.25) is 5.02 Å². The van der Waals surface area contributed by atoms with Crippen molar-refractivity contribution in [1.82, 2.24) is 4.90 Å². The molecule has 1 N–H and O–H groups in total. The van der Waals surface area contributed by atoms with Crippen LogP contribution in [-0.4, -0.2) is 54.5 Å². The van der Waals surface area contributed by atoms with Gasteiger partial charge in [0.1, 0.15) is 0 Å². The second-order valence-electron chi connectivity index (χ2n) is 6.61. The SMILES string of the molecule is O=C(O)C(=NCc1ccc(CCN2CCOCC2)cc1)c1cc(Cl)ccc1Br. The van der Waals surface area contributed by atoms with E-state index in [4.69, 9.17) is 16.3 Å². The maximum atomic E-state index is 11.7. The maximum Gasteiger partial charge on any atom is 0.354 e. The number of hydrogen-bond acceptors (Lipinski definition) is 4. The van der Waals surface area contributed by atoms with Gasteiger partial charge in [-0.3, -0.25) is 9.89 Å². The summed E-state index contributed by atoms with van der Waals surface area (Å²) in [5.41, 5.74) is 2.69. The quantitative estimate of drug-likeness (QED) is 0.627. The van der Waals surface area contributed by atoms with Crippen LogP contribution in [-0.2, 0) is 22.5 Å². The summed E-state index contributed by atoms with van der Waals surface area (Å²) in [7, 11) is 0. The summed E-state index contributed by atoms with van der Waals surface area (Å²) in [6.45, 7) is 4.92. The van der Waals surface area contributed by atoms with E-state index in [1.807, 2.05) is 12.1 Å². The minimum atomic E-state index is -1.08. The summed E-state index contributed by atoms with van der Waals surface area (Å²) in [6.07, 6.45) is 0.986. The van der Waals surface area contributed by atoms with E-state index in [1.165, 1.54) is 5.56 Å². The zero-order valence-corrected chi connectivity index (χ0v) is 17.7. The highest BCUT2D eigenvalue weighted by Gasteiger charge is 2.16. The van der Waals surface area contributed by atoms with E-state index in [-0.39, 0.29) is 5.71 Å². The van der Waals surface area contributed by atoms with Crippen LogP contribution < -0.4 is 0 Å². The van der Waals surface area contributed by atoms with Crippen molar-refractivity contribution in [2.24, 2.45) is 4.99 Å². The van der Waals surface area contributed by atoms with E-state index in [9.17, 15) is 9.90 Å². The Balaban J connectivity index is 1.64. The van der Waals surface area contributed by atoms with Crippen LogP contribution in [0.25, 0.3) is 0 Å². The van der Waals surface area contributed by atoms with Gasteiger partial charge in [0.25, 0.3) is 0 Å². The molecule has 1 fully saturated rings. The topological polar surface area (TPSA) is 62.1 Å². The highest BCUT2D eigenvalue weighted by molar-refractivity contribution is 9.10. The Morgan fingerprint density at radius 2 is 1.82 bits per heavy atom. The predicted octanol–water partition coefficient (Wildman–Crippen LogP) is 4.05. The number of carboxylic acids is 1. The molecule has 7 heteroatoms. The highest BCUT2D eigenvalue weighted by Crippen LogP contribution is 2.22. The molecule has 148 valence electrons. The van der Waals surface area contributed by atoms with Gasteiger partial charge in [0, 0.05) is 34.7 Å². The van der Waals surface area contributed by atoms with E-state index in [0.717, 1.165) is 44.8 Å². The van der Waals surface area contributed by atoms with E-state index < -0.39 is 5.97 Å². The lowest BCUT2D eigenvalue weighted by Gasteiger charge is -2.26. The molecule has 2 aromatic rings. The molecular formula is C21H22BrClN2O3. The zero-order valence-electron chi connectivity index (χ0n) is 15.4. The molecule has 0 spiro atoms. The molecule has 0 unspecified atom stereocenters. The second-order valence-corrected chi connectivity index (χ2v) is 7.91. The van der Waals surface area contributed by atoms with Gasteiger partial charge in [-0.05, 0) is 35.7 Å². The molecule has 0 aliphatic carbocycles. The van der Waals surface area contributed by atoms with E-state index in [1.54, 1.807) is 18.2 Å². The number of nitrogens with zero attached hydrogens (tertiary/aromatic N) is 2. The Morgan fingerprint density at radius 3 is 2.50 bits per heavy atom. The summed E-state index contributed by atoms with van der Waals surface area (Å²) in [6, 6.07) is 13.2. The van der Waals surface area contributed by atoms with Crippen molar-refractivity contribution >= 4 is 39.2 Å². The first-order chi connectivity index (χ1) is 13.5. The fourth-order valence-electron chi connectivity index (χ4n) is 3.04.